The fraction of sp³-hybridized carbons (Fsp3) is 0.409. The van der Waals surface area contributed by atoms with Crippen LogP contribution in [0.4, 0.5) is 11.4 Å². The number of benzene rings is 3. The molecule has 4 aromatic rings. The molecule has 15 nitrogen and oxygen atoms in total. The molecule has 2 fully saturated rings. The van der Waals surface area contributed by atoms with E-state index in [1.54, 1.807) is 43.5 Å². The van der Waals surface area contributed by atoms with Crippen LogP contribution in [0.3, 0.4) is 0 Å². The number of hydrogen-bond donors (Lipinski definition) is 3. The van der Waals surface area contributed by atoms with Crippen molar-refractivity contribution in [2.45, 2.75) is 63.6 Å². The SMILES string of the molecule is COc1cc(Nc2c(C#N)cnc3cc(OCCCN4CCN(C(=O)CCCCCc5cccc6c5C(=O)N(C5CCC(O)NC5=O)C6=O)CC4)c(OC)cc23)c(Cl)cc1Cl. The van der Waals surface area contributed by atoms with Crippen molar-refractivity contribution in [3.8, 4) is 23.3 Å². The zero-order valence-corrected chi connectivity index (χ0v) is 35.5. The van der Waals surface area contributed by atoms with E-state index < -0.39 is 30.0 Å². The zero-order valence-electron chi connectivity index (χ0n) is 34.0. The molecule has 4 heterocycles. The topological polar surface area (TPSA) is 187 Å². The number of amides is 4. The highest BCUT2D eigenvalue weighted by molar-refractivity contribution is 6.37. The van der Waals surface area contributed by atoms with Gasteiger partial charge < -0.3 is 34.9 Å². The molecule has 7 rings (SSSR count). The summed E-state index contributed by atoms with van der Waals surface area (Å²) in [7, 11) is 3.06. The third-order valence-corrected chi connectivity index (χ3v) is 12.0. The smallest absolute Gasteiger partial charge is 0.262 e. The van der Waals surface area contributed by atoms with E-state index in [2.05, 4.69) is 26.6 Å². The molecule has 0 saturated carbocycles. The molecule has 3 aliphatic rings. The van der Waals surface area contributed by atoms with Crippen LogP contribution in [0.1, 0.15) is 76.8 Å². The minimum atomic E-state index is -0.978. The second-order valence-corrected chi connectivity index (χ2v) is 16.0. The number of aromatic nitrogens is 1. The fourth-order valence-corrected chi connectivity index (χ4v) is 8.62. The maximum atomic E-state index is 13.4. The number of piperazine rings is 1. The van der Waals surface area contributed by atoms with Crippen molar-refractivity contribution in [3.63, 3.8) is 0 Å². The molecule has 4 amide bonds. The van der Waals surface area contributed by atoms with Gasteiger partial charge in [0.15, 0.2) is 11.5 Å². The highest BCUT2D eigenvalue weighted by Crippen LogP contribution is 2.40. The molecule has 1 aromatic heterocycles. The van der Waals surface area contributed by atoms with E-state index in [9.17, 15) is 29.5 Å². The lowest BCUT2D eigenvalue weighted by atomic mass is 9.97. The highest BCUT2D eigenvalue weighted by atomic mass is 35.5. The predicted molar refractivity (Wildman–Crippen MR) is 229 cm³/mol. The molecule has 2 atom stereocenters. The molecule has 320 valence electrons. The molecule has 17 heteroatoms. The molecule has 2 saturated heterocycles. The van der Waals surface area contributed by atoms with Crippen molar-refractivity contribution >= 4 is 69.1 Å². The van der Waals surface area contributed by atoms with E-state index in [-0.39, 0.29) is 18.7 Å². The van der Waals surface area contributed by atoms with Crippen LogP contribution in [-0.4, -0.2) is 114 Å². The van der Waals surface area contributed by atoms with Crippen molar-refractivity contribution in [1.82, 2.24) is 25.0 Å². The summed E-state index contributed by atoms with van der Waals surface area (Å²) >= 11 is 12.7. The number of nitrogens with zero attached hydrogens (tertiary/aromatic N) is 5. The van der Waals surface area contributed by atoms with Crippen LogP contribution in [0.2, 0.25) is 10.0 Å². The average Bonchev–Trinajstić information content (AvgIpc) is 3.51. The minimum Gasteiger partial charge on any atom is -0.495 e. The summed E-state index contributed by atoms with van der Waals surface area (Å²) in [5.41, 5.74) is 3.30. The van der Waals surface area contributed by atoms with Crippen molar-refractivity contribution in [2.24, 2.45) is 0 Å². The lowest BCUT2D eigenvalue weighted by Crippen LogP contribution is -2.55. The molecule has 2 unspecified atom stereocenters. The number of carbonyl (C=O) groups excluding carboxylic acids is 4. The number of imide groups is 1. The number of ether oxygens (including phenoxy) is 3. The number of halogens is 2. The Morgan fingerprint density at radius 3 is 2.48 bits per heavy atom. The number of piperidine rings is 1. The molecule has 0 spiro atoms. The van der Waals surface area contributed by atoms with Crippen molar-refractivity contribution in [2.75, 3.05) is 58.9 Å². The number of methoxy groups -OCH3 is 2. The summed E-state index contributed by atoms with van der Waals surface area (Å²) in [6, 6.07) is 13.2. The van der Waals surface area contributed by atoms with Gasteiger partial charge in [-0.1, -0.05) is 41.8 Å². The number of anilines is 2. The van der Waals surface area contributed by atoms with Crippen LogP contribution in [0.15, 0.2) is 48.7 Å². The van der Waals surface area contributed by atoms with Gasteiger partial charge in [-0.2, -0.15) is 5.26 Å². The van der Waals surface area contributed by atoms with Crippen LogP contribution in [-0.2, 0) is 16.0 Å². The maximum absolute atomic E-state index is 13.4. The summed E-state index contributed by atoms with van der Waals surface area (Å²) < 4.78 is 17.2. The maximum Gasteiger partial charge on any atom is 0.262 e. The molecule has 3 N–H and O–H groups in total. The third-order valence-electron chi connectivity index (χ3n) is 11.4. The Morgan fingerprint density at radius 1 is 0.951 bits per heavy atom. The van der Waals surface area contributed by atoms with Crippen molar-refractivity contribution in [1.29, 1.82) is 5.26 Å². The largest absolute Gasteiger partial charge is 0.495 e. The van der Waals surface area contributed by atoms with Crippen LogP contribution >= 0.6 is 23.2 Å². The van der Waals surface area contributed by atoms with Gasteiger partial charge >= 0.3 is 0 Å². The molecular weight excluding hydrogens is 825 g/mol. The minimum absolute atomic E-state index is 0.129. The van der Waals surface area contributed by atoms with Gasteiger partial charge in [-0.05, 0) is 62.3 Å². The molecule has 0 radical (unpaired) electrons. The van der Waals surface area contributed by atoms with Crippen molar-refractivity contribution < 1.29 is 38.5 Å². The number of nitriles is 1. The molecule has 61 heavy (non-hydrogen) atoms. The lowest BCUT2D eigenvalue weighted by Gasteiger charge is -2.34. The number of aliphatic hydroxyl groups is 1. The number of hydrogen-bond acceptors (Lipinski definition) is 12. The lowest BCUT2D eigenvalue weighted by molar-refractivity contribution is -0.133. The Bertz CT molecular complexity index is 2380. The molecular formula is C44H47Cl2N7O8. The summed E-state index contributed by atoms with van der Waals surface area (Å²) in [6.07, 6.45) is 5.00. The summed E-state index contributed by atoms with van der Waals surface area (Å²) in [4.78, 5) is 61.9. The Labute approximate surface area is 363 Å². The number of nitrogens with one attached hydrogen (secondary N) is 2. The van der Waals surface area contributed by atoms with E-state index in [4.69, 9.17) is 37.4 Å². The highest BCUT2D eigenvalue weighted by Gasteiger charge is 2.45. The van der Waals surface area contributed by atoms with Crippen LogP contribution in [0, 0.1) is 11.3 Å². The Balaban J connectivity index is 0.841. The normalized spacial score (nSPS) is 17.9. The van der Waals surface area contributed by atoms with Gasteiger partial charge in [0.1, 0.15) is 24.1 Å². The van der Waals surface area contributed by atoms with Crippen LogP contribution in [0.5, 0.6) is 17.2 Å². The van der Waals surface area contributed by atoms with E-state index >= 15 is 0 Å². The first-order chi connectivity index (χ1) is 29.5. The standard InChI is InChI=1S/C44H47Cl2N7O8/c1-59-35-23-33(30(45)21-31(35)46)49-41-27(24-47)25-48-32-22-37(36(60-2)20-29(32)41)61-19-7-14-51-15-17-52(18-16-51)39(55)11-5-3-4-8-26-9-6-10-28-40(26)44(58)53(43(28)57)34-12-13-38(54)50-42(34)56/h6,9-10,20-23,25,34,38,54H,3-5,7-8,11-19H2,1-2H3,(H,48,49)(H,50,56). The first-order valence-corrected chi connectivity index (χ1v) is 21.1. The number of aryl methyl sites for hydroxylation is 1. The number of unbranched alkanes of at least 4 members (excludes halogenated alkanes) is 2. The summed E-state index contributed by atoms with van der Waals surface area (Å²) in [5.74, 6) is 0.0724. The van der Waals surface area contributed by atoms with E-state index in [0.29, 0.717) is 105 Å². The molecule has 3 aliphatic heterocycles. The van der Waals surface area contributed by atoms with Gasteiger partial charge in [0.05, 0.1) is 64.5 Å². The first kappa shape index (κ1) is 43.4. The predicted octanol–water partition coefficient (Wildman–Crippen LogP) is 6.08. The first-order valence-electron chi connectivity index (χ1n) is 20.3. The number of rotatable bonds is 16. The van der Waals surface area contributed by atoms with Gasteiger partial charge in [0.2, 0.25) is 11.8 Å². The van der Waals surface area contributed by atoms with Gasteiger partial charge in [-0.15, -0.1) is 0 Å². The number of fused-ring (bicyclic) bond motifs is 2. The van der Waals surface area contributed by atoms with E-state index in [1.807, 2.05) is 11.0 Å². The molecule has 3 aromatic carbocycles. The second-order valence-electron chi connectivity index (χ2n) is 15.2. The van der Waals surface area contributed by atoms with Crippen LogP contribution < -0.4 is 24.8 Å². The summed E-state index contributed by atoms with van der Waals surface area (Å²) in [6.45, 7) is 4.06. The molecule has 0 bridgehead atoms. The Kier molecular flexibility index (Phi) is 13.8. The molecule has 0 aliphatic carbocycles. The Hall–Kier alpha value is -5.66. The summed E-state index contributed by atoms with van der Waals surface area (Å²) in [5, 5.41) is 26.6. The van der Waals surface area contributed by atoms with Gasteiger partial charge in [0.25, 0.3) is 11.8 Å². The number of carbonyl (C=O) groups is 4. The monoisotopic (exact) mass is 871 g/mol. The zero-order chi connectivity index (χ0) is 43.2. The second kappa shape index (κ2) is 19.4. The number of pyridine rings is 1. The van der Waals surface area contributed by atoms with Crippen molar-refractivity contribution in [3.05, 3.63) is 81.0 Å². The fourth-order valence-electron chi connectivity index (χ4n) is 8.12. The van der Waals surface area contributed by atoms with Gasteiger partial charge in [0, 0.05) is 62.9 Å². The third kappa shape index (κ3) is 9.48. The van der Waals surface area contributed by atoms with E-state index in [0.717, 1.165) is 49.4 Å². The average molecular weight is 873 g/mol. The van der Waals surface area contributed by atoms with Crippen LogP contribution in [0.25, 0.3) is 10.9 Å². The van der Waals surface area contributed by atoms with E-state index in [1.165, 1.54) is 13.3 Å². The quantitative estimate of drug-likeness (QED) is 0.0872. The van der Waals surface area contributed by atoms with Gasteiger partial charge in [-0.3, -0.25) is 34.0 Å². The number of aliphatic hydroxyl groups excluding tert-OH is 1. The van der Waals surface area contributed by atoms with Gasteiger partial charge in [-0.25, -0.2) is 0 Å². The Morgan fingerprint density at radius 2 is 1.74 bits per heavy atom.